The Hall–Kier alpha value is 0.490. The van der Waals surface area contributed by atoms with Crippen molar-refractivity contribution in [2.45, 2.75) is 6.92 Å². The van der Waals surface area contributed by atoms with E-state index in [1.54, 1.807) is 11.8 Å². The highest BCUT2D eigenvalue weighted by molar-refractivity contribution is 8.19. The van der Waals surface area contributed by atoms with E-state index in [1.807, 2.05) is 24.5 Å². The van der Waals surface area contributed by atoms with E-state index in [9.17, 15) is 0 Å². The third-order valence-corrected chi connectivity index (χ3v) is 7.90. The summed E-state index contributed by atoms with van der Waals surface area (Å²) in [7, 11) is 0. The fourth-order valence-electron chi connectivity index (χ4n) is 1.21. The Labute approximate surface area is 113 Å². The van der Waals surface area contributed by atoms with E-state index in [0.717, 1.165) is 20.5 Å². The zero-order valence-corrected chi connectivity index (χ0v) is 12.6. The van der Waals surface area contributed by atoms with Gasteiger partial charge in [0, 0.05) is 5.41 Å². The van der Waals surface area contributed by atoms with Crippen LogP contribution in [0.4, 0.5) is 0 Å². The molecule has 0 spiro atoms. The van der Waals surface area contributed by atoms with Crippen LogP contribution < -0.4 is 0 Å². The number of halogens is 1. The molecule has 16 heavy (non-hydrogen) atoms. The van der Waals surface area contributed by atoms with Gasteiger partial charge >= 0.3 is 0 Å². The summed E-state index contributed by atoms with van der Waals surface area (Å²) >= 11 is 14.4. The fraction of sp³-hybridized carbons (Fsp3) is 0.333. The maximum atomic E-state index is 5.89. The molecular formula is C9H10ClO2PS3. The van der Waals surface area contributed by atoms with Crippen LogP contribution in [0.25, 0.3) is 5.76 Å². The van der Waals surface area contributed by atoms with E-state index in [-0.39, 0.29) is 0 Å². The first kappa shape index (κ1) is 12.9. The molecule has 0 radical (unpaired) electrons. The summed E-state index contributed by atoms with van der Waals surface area (Å²) in [4.78, 5) is 1.01. The minimum Gasteiger partial charge on any atom is -0.441 e. The molecule has 0 aromatic carbocycles. The molecule has 0 aliphatic carbocycles. The number of rotatable bonds is 3. The second-order valence-corrected chi connectivity index (χ2v) is 9.65. The van der Waals surface area contributed by atoms with Crippen molar-refractivity contribution >= 4 is 58.8 Å². The van der Waals surface area contributed by atoms with E-state index in [1.165, 1.54) is 11.3 Å². The largest absolute Gasteiger partial charge is 0.441 e. The van der Waals surface area contributed by atoms with E-state index >= 15 is 0 Å². The zero-order chi connectivity index (χ0) is 11.6. The topological polar surface area (TPSA) is 18.5 Å². The Balaban J connectivity index is 2.18. The summed E-state index contributed by atoms with van der Waals surface area (Å²) in [5.74, 6) is 0.796. The Morgan fingerprint density at radius 2 is 2.44 bits per heavy atom. The van der Waals surface area contributed by atoms with Gasteiger partial charge in [-0.05, 0) is 30.9 Å². The van der Waals surface area contributed by atoms with Crippen LogP contribution in [-0.4, -0.2) is 12.1 Å². The summed E-state index contributed by atoms with van der Waals surface area (Å²) in [5, 5.41) is 1.98. The van der Waals surface area contributed by atoms with Gasteiger partial charge in [-0.3, -0.25) is 0 Å². The molecule has 1 aromatic rings. The lowest BCUT2D eigenvalue weighted by atomic mass is 10.4. The van der Waals surface area contributed by atoms with Gasteiger partial charge in [0.25, 0.3) is 0 Å². The number of thiophene rings is 1. The molecule has 0 saturated heterocycles. The lowest BCUT2D eigenvalue weighted by Gasteiger charge is -2.26. The van der Waals surface area contributed by atoms with Gasteiger partial charge in [-0.25, -0.2) is 0 Å². The van der Waals surface area contributed by atoms with Gasteiger partial charge in [-0.15, -0.1) is 23.1 Å². The van der Waals surface area contributed by atoms with Crippen molar-refractivity contribution in [2.75, 3.05) is 12.1 Å². The molecular weight excluding hydrogens is 303 g/mol. The molecule has 0 bridgehead atoms. The highest BCUT2D eigenvalue weighted by Gasteiger charge is 2.26. The monoisotopic (exact) mass is 312 g/mol. The van der Waals surface area contributed by atoms with Crippen molar-refractivity contribution in [3.05, 3.63) is 26.8 Å². The van der Waals surface area contributed by atoms with Crippen molar-refractivity contribution in [1.29, 1.82) is 0 Å². The van der Waals surface area contributed by atoms with Gasteiger partial charge < -0.3 is 9.05 Å². The Bertz CT molecular complexity index is 457. The molecule has 1 aliphatic heterocycles. The summed E-state index contributed by atoms with van der Waals surface area (Å²) in [6.45, 7) is 0.392. The smallest absolute Gasteiger partial charge is 0.248 e. The minimum absolute atomic E-state index is 0.594. The second kappa shape index (κ2) is 5.42. The van der Waals surface area contributed by atoms with Crippen LogP contribution in [0.15, 0.2) is 17.5 Å². The number of thioether (sulfide) groups is 1. The first-order valence-corrected chi connectivity index (χ1v) is 9.70. The SMILES string of the molecule is CCOP1(=S)CSC=C(c2ccc(Cl)s2)O1. The first-order valence-electron chi connectivity index (χ1n) is 4.63. The van der Waals surface area contributed by atoms with E-state index in [2.05, 4.69) is 0 Å². The summed E-state index contributed by atoms with van der Waals surface area (Å²) in [5.41, 5.74) is 0.735. The third kappa shape index (κ3) is 3.03. The number of hydrogen-bond acceptors (Lipinski definition) is 5. The van der Waals surface area contributed by atoms with Gasteiger partial charge in [0.15, 0.2) is 0 Å². The molecule has 0 amide bonds. The molecule has 1 atom stereocenters. The molecule has 2 nitrogen and oxygen atoms in total. The molecule has 1 aliphatic rings. The molecule has 0 N–H and O–H groups in total. The predicted molar refractivity (Wildman–Crippen MR) is 76.8 cm³/mol. The quantitative estimate of drug-likeness (QED) is 0.748. The van der Waals surface area contributed by atoms with Crippen LogP contribution in [0.5, 0.6) is 0 Å². The van der Waals surface area contributed by atoms with Crippen LogP contribution in [0.2, 0.25) is 4.34 Å². The van der Waals surface area contributed by atoms with Gasteiger partial charge in [0.05, 0.1) is 21.3 Å². The zero-order valence-electron chi connectivity index (χ0n) is 8.51. The van der Waals surface area contributed by atoms with Crippen LogP contribution in [0.1, 0.15) is 11.8 Å². The Morgan fingerprint density at radius 1 is 1.62 bits per heavy atom. The van der Waals surface area contributed by atoms with Crippen molar-refractivity contribution < 1.29 is 9.05 Å². The van der Waals surface area contributed by atoms with Crippen molar-refractivity contribution in [1.82, 2.24) is 0 Å². The molecule has 7 heteroatoms. The van der Waals surface area contributed by atoms with Gasteiger partial charge in [0.1, 0.15) is 5.76 Å². The molecule has 0 saturated carbocycles. The average Bonchev–Trinajstić information content (AvgIpc) is 2.65. The molecule has 0 fully saturated rings. The maximum Gasteiger partial charge on any atom is 0.248 e. The van der Waals surface area contributed by atoms with Gasteiger partial charge in [0.2, 0.25) is 6.49 Å². The van der Waals surface area contributed by atoms with Gasteiger partial charge in [-0.2, -0.15) is 0 Å². The average molecular weight is 313 g/mol. The highest BCUT2D eigenvalue weighted by Crippen LogP contribution is 2.58. The predicted octanol–water partition coefficient (Wildman–Crippen LogP) is 4.77. The van der Waals surface area contributed by atoms with E-state index < -0.39 is 6.49 Å². The van der Waals surface area contributed by atoms with Gasteiger partial charge in [-0.1, -0.05) is 11.6 Å². The lowest BCUT2D eigenvalue weighted by Crippen LogP contribution is -2.00. The normalized spacial score (nSPS) is 25.0. The molecule has 1 unspecified atom stereocenters. The molecule has 2 rings (SSSR count). The lowest BCUT2D eigenvalue weighted by molar-refractivity contribution is 0.325. The minimum atomic E-state index is -2.13. The molecule has 88 valence electrons. The van der Waals surface area contributed by atoms with Crippen LogP contribution in [0.3, 0.4) is 0 Å². The maximum absolute atomic E-state index is 5.89. The summed E-state index contributed by atoms with van der Waals surface area (Å²) in [6, 6.07) is 3.80. The number of hydrogen-bond donors (Lipinski definition) is 0. The Morgan fingerprint density at radius 3 is 3.06 bits per heavy atom. The fourth-order valence-corrected chi connectivity index (χ4v) is 6.28. The van der Waals surface area contributed by atoms with E-state index in [0.29, 0.717) is 6.61 Å². The van der Waals surface area contributed by atoms with E-state index in [4.69, 9.17) is 32.5 Å². The Kier molecular flexibility index (Phi) is 4.38. The highest BCUT2D eigenvalue weighted by atomic mass is 35.5. The first-order chi connectivity index (χ1) is 7.63. The molecule has 1 aromatic heterocycles. The van der Waals surface area contributed by atoms with Crippen molar-refractivity contribution in [3.8, 4) is 0 Å². The third-order valence-electron chi connectivity index (χ3n) is 1.80. The second-order valence-electron chi connectivity index (χ2n) is 3.00. The van der Waals surface area contributed by atoms with Crippen LogP contribution in [-0.2, 0) is 20.9 Å². The van der Waals surface area contributed by atoms with Crippen molar-refractivity contribution in [3.63, 3.8) is 0 Å². The standard InChI is InChI=1S/C9H10ClO2PS3/c1-2-11-13(14)6-15-5-7(12-13)8-3-4-9(10)16-8/h3-5H,2,6H2,1H3. The molecule has 2 heterocycles. The summed E-state index contributed by atoms with van der Waals surface area (Å²) < 4.78 is 12.1. The summed E-state index contributed by atoms with van der Waals surface area (Å²) in [6.07, 6.45) is 0. The van der Waals surface area contributed by atoms with Crippen LogP contribution in [0, 0.1) is 0 Å². The van der Waals surface area contributed by atoms with Crippen LogP contribution >= 0.6 is 41.2 Å². The van der Waals surface area contributed by atoms with Crippen molar-refractivity contribution in [2.24, 2.45) is 0 Å².